The molecule has 0 unspecified atom stereocenters. The van der Waals surface area contributed by atoms with E-state index in [9.17, 15) is 4.79 Å². The highest BCUT2D eigenvalue weighted by Crippen LogP contribution is 2.34. The maximum atomic E-state index is 12.8. The fourth-order valence-electron chi connectivity index (χ4n) is 3.82. The Morgan fingerprint density at radius 3 is 2.72 bits per heavy atom. The third-order valence-corrected chi connectivity index (χ3v) is 5.79. The highest BCUT2D eigenvalue weighted by Gasteiger charge is 2.40. The van der Waals surface area contributed by atoms with Crippen LogP contribution in [0.5, 0.6) is 0 Å². The van der Waals surface area contributed by atoms with Gasteiger partial charge in [0.2, 0.25) is 0 Å². The lowest BCUT2D eigenvalue weighted by Gasteiger charge is -2.48. The number of likely N-dealkylation sites (tertiary alicyclic amines) is 1. The van der Waals surface area contributed by atoms with Crippen molar-refractivity contribution in [1.29, 1.82) is 0 Å². The van der Waals surface area contributed by atoms with Crippen molar-refractivity contribution in [2.24, 2.45) is 0 Å². The third kappa shape index (κ3) is 3.73. The van der Waals surface area contributed by atoms with Crippen LogP contribution in [0.2, 0.25) is 0 Å². The molecule has 0 bridgehead atoms. The monoisotopic (exact) mass is 390 g/mol. The van der Waals surface area contributed by atoms with E-state index < -0.39 is 0 Å². The number of amides is 1. The molecule has 4 rings (SSSR count). The number of methoxy groups -OCH3 is 1. The van der Waals surface area contributed by atoms with Gasteiger partial charge in [-0.2, -0.15) is 0 Å². The molecule has 1 aliphatic heterocycles. The summed E-state index contributed by atoms with van der Waals surface area (Å²) >= 11 is 0. The van der Waals surface area contributed by atoms with Crippen LogP contribution in [0.3, 0.4) is 0 Å². The van der Waals surface area contributed by atoms with E-state index in [2.05, 4.69) is 36.0 Å². The Bertz CT molecular complexity index is 1060. The Kier molecular flexibility index (Phi) is 5.06. The number of aromatic nitrogens is 2. The molecule has 1 amide bonds. The molecule has 1 fully saturated rings. The quantitative estimate of drug-likeness (QED) is 0.719. The first-order chi connectivity index (χ1) is 13.9. The van der Waals surface area contributed by atoms with Crippen LogP contribution in [-0.4, -0.2) is 47.1 Å². The minimum atomic E-state index is -0.240. The van der Waals surface area contributed by atoms with Crippen molar-refractivity contribution in [3.63, 3.8) is 0 Å². The predicted molar refractivity (Wildman–Crippen MR) is 114 cm³/mol. The first-order valence-electron chi connectivity index (χ1n) is 9.79. The van der Waals surface area contributed by atoms with E-state index in [0.717, 1.165) is 35.1 Å². The van der Waals surface area contributed by atoms with Gasteiger partial charge in [0.1, 0.15) is 5.82 Å². The lowest BCUT2D eigenvalue weighted by Crippen LogP contribution is -2.59. The second-order valence-corrected chi connectivity index (χ2v) is 8.08. The van der Waals surface area contributed by atoms with Crippen LogP contribution in [0.4, 0.5) is 5.82 Å². The number of aryl methyl sites for hydroxylation is 1. The fourth-order valence-corrected chi connectivity index (χ4v) is 3.82. The fraction of sp³-hybridized carbons (Fsp3) is 0.348. The molecule has 1 N–H and O–H groups in total. The maximum Gasteiger partial charge on any atom is 0.256 e. The molecule has 150 valence electrons. The lowest BCUT2D eigenvalue weighted by molar-refractivity contribution is -0.0791. The summed E-state index contributed by atoms with van der Waals surface area (Å²) in [6.45, 7) is 8.15. The number of pyridine rings is 2. The predicted octanol–water partition coefficient (Wildman–Crippen LogP) is 3.76. The molecule has 6 nitrogen and oxygen atoms in total. The summed E-state index contributed by atoms with van der Waals surface area (Å²) in [6, 6.07) is 11.4. The zero-order valence-electron chi connectivity index (χ0n) is 17.3. The van der Waals surface area contributed by atoms with Gasteiger partial charge >= 0.3 is 0 Å². The molecule has 1 saturated heterocycles. The van der Waals surface area contributed by atoms with Crippen LogP contribution >= 0.6 is 0 Å². The highest BCUT2D eigenvalue weighted by molar-refractivity contribution is 6.06. The third-order valence-electron chi connectivity index (χ3n) is 5.79. The van der Waals surface area contributed by atoms with Gasteiger partial charge < -0.3 is 10.1 Å². The number of anilines is 1. The average Bonchev–Trinajstić information content (AvgIpc) is 2.68. The number of benzene rings is 1. The Morgan fingerprint density at radius 2 is 1.97 bits per heavy atom. The number of carbonyl (C=O) groups is 1. The Labute approximate surface area is 170 Å². The molecule has 6 heteroatoms. The summed E-state index contributed by atoms with van der Waals surface area (Å²) in [7, 11) is 1.75. The molecule has 0 atom stereocenters. The molecule has 0 aliphatic carbocycles. The van der Waals surface area contributed by atoms with Crippen molar-refractivity contribution in [2.75, 3.05) is 25.5 Å². The first kappa shape index (κ1) is 19.5. The van der Waals surface area contributed by atoms with E-state index in [0.29, 0.717) is 11.4 Å². The highest BCUT2D eigenvalue weighted by atomic mass is 16.5. The van der Waals surface area contributed by atoms with Gasteiger partial charge in [0.15, 0.2) is 0 Å². The minimum absolute atomic E-state index is 0.174. The summed E-state index contributed by atoms with van der Waals surface area (Å²) in [4.78, 5) is 24.1. The van der Waals surface area contributed by atoms with Gasteiger partial charge in [0.05, 0.1) is 17.3 Å². The molecule has 1 aliphatic rings. The van der Waals surface area contributed by atoms with Crippen LogP contribution in [0.25, 0.3) is 10.8 Å². The number of nitrogens with zero attached hydrogens (tertiary/aromatic N) is 3. The number of carbonyl (C=O) groups excluding carboxylic acids is 1. The van der Waals surface area contributed by atoms with Crippen LogP contribution < -0.4 is 5.32 Å². The molecular formula is C23H26N4O2. The number of hydrogen-bond donors (Lipinski definition) is 1. The van der Waals surface area contributed by atoms with Crippen molar-refractivity contribution < 1.29 is 9.53 Å². The van der Waals surface area contributed by atoms with Crippen molar-refractivity contribution in [1.82, 2.24) is 14.9 Å². The summed E-state index contributed by atoms with van der Waals surface area (Å²) in [5, 5.41) is 4.94. The lowest BCUT2D eigenvalue weighted by atomic mass is 9.90. The van der Waals surface area contributed by atoms with Crippen molar-refractivity contribution in [2.45, 2.75) is 32.4 Å². The first-order valence-corrected chi connectivity index (χ1v) is 9.79. The molecular weight excluding hydrogens is 364 g/mol. The second-order valence-electron chi connectivity index (χ2n) is 8.08. The standard InChI is InChI=1S/C23H26N4O2/c1-15-5-8-20(25-21(15)23(2,3)27-13-19(14-27)29-4)26-22(28)17-6-7-18-12-24-10-9-16(18)11-17/h5-12,19H,13-14H2,1-4H3,(H,25,26,28). The molecule has 0 radical (unpaired) electrons. The van der Waals surface area contributed by atoms with Crippen molar-refractivity contribution in [3.05, 3.63) is 65.6 Å². The second kappa shape index (κ2) is 7.54. The van der Waals surface area contributed by atoms with Crippen molar-refractivity contribution >= 4 is 22.5 Å². The Morgan fingerprint density at radius 1 is 1.17 bits per heavy atom. The molecule has 2 aromatic heterocycles. The number of ether oxygens (including phenoxy) is 1. The van der Waals surface area contributed by atoms with E-state index in [4.69, 9.17) is 9.72 Å². The number of nitrogens with one attached hydrogen (secondary N) is 1. The van der Waals surface area contributed by atoms with Crippen molar-refractivity contribution in [3.8, 4) is 0 Å². The summed E-state index contributed by atoms with van der Waals surface area (Å²) in [5.74, 6) is 0.384. The van der Waals surface area contributed by atoms with E-state index in [1.807, 2.05) is 36.4 Å². The zero-order valence-corrected chi connectivity index (χ0v) is 17.3. The van der Waals surface area contributed by atoms with E-state index in [-0.39, 0.29) is 17.6 Å². The number of hydrogen-bond acceptors (Lipinski definition) is 5. The number of rotatable bonds is 5. The van der Waals surface area contributed by atoms with E-state index >= 15 is 0 Å². The number of fused-ring (bicyclic) bond motifs is 1. The van der Waals surface area contributed by atoms with Crippen LogP contribution in [0, 0.1) is 6.92 Å². The van der Waals surface area contributed by atoms with Crippen LogP contribution in [0.15, 0.2) is 48.8 Å². The van der Waals surface area contributed by atoms with Gasteiger partial charge in [-0.15, -0.1) is 0 Å². The van der Waals surface area contributed by atoms with Crippen LogP contribution in [-0.2, 0) is 10.3 Å². The molecule has 0 saturated carbocycles. The molecule has 0 spiro atoms. The Balaban J connectivity index is 1.56. The zero-order chi connectivity index (χ0) is 20.6. The molecule has 1 aromatic carbocycles. The van der Waals surface area contributed by atoms with Gasteiger partial charge in [0, 0.05) is 43.5 Å². The normalized spacial score (nSPS) is 15.3. The Hall–Kier alpha value is -2.83. The van der Waals surface area contributed by atoms with Crippen LogP contribution in [0.1, 0.15) is 35.5 Å². The largest absolute Gasteiger partial charge is 0.379 e. The van der Waals surface area contributed by atoms with Gasteiger partial charge in [0.25, 0.3) is 5.91 Å². The SMILES string of the molecule is COC1CN(C(C)(C)c2nc(NC(=O)c3ccc4cnccc4c3)ccc2C)C1. The molecule has 3 heterocycles. The minimum Gasteiger partial charge on any atom is -0.379 e. The smallest absolute Gasteiger partial charge is 0.256 e. The summed E-state index contributed by atoms with van der Waals surface area (Å²) in [6.07, 6.45) is 3.79. The molecule has 3 aromatic rings. The summed E-state index contributed by atoms with van der Waals surface area (Å²) in [5.41, 5.74) is 2.43. The van der Waals surface area contributed by atoms with Gasteiger partial charge in [-0.1, -0.05) is 12.1 Å². The molecule has 29 heavy (non-hydrogen) atoms. The maximum absolute atomic E-state index is 12.8. The van der Waals surface area contributed by atoms with Gasteiger partial charge in [-0.05, 0) is 56.0 Å². The van der Waals surface area contributed by atoms with Gasteiger partial charge in [-0.25, -0.2) is 4.98 Å². The van der Waals surface area contributed by atoms with E-state index in [1.54, 1.807) is 19.5 Å². The van der Waals surface area contributed by atoms with E-state index in [1.165, 1.54) is 0 Å². The topological polar surface area (TPSA) is 67.3 Å². The average molecular weight is 390 g/mol. The summed E-state index contributed by atoms with van der Waals surface area (Å²) < 4.78 is 5.41. The van der Waals surface area contributed by atoms with Gasteiger partial charge in [-0.3, -0.25) is 14.7 Å².